The van der Waals surface area contributed by atoms with Gasteiger partial charge in [0.1, 0.15) is 5.78 Å². The Balaban J connectivity index is 4.60. The van der Waals surface area contributed by atoms with Crippen molar-refractivity contribution in [3.63, 3.8) is 0 Å². The summed E-state index contributed by atoms with van der Waals surface area (Å²) in [6.07, 6.45) is 7.88. The van der Waals surface area contributed by atoms with Gasteiger partial charge in [-0.3, -0.25) is 4.79 Å². The first kappa shape index (κ1) is 18.8. The highest BCUT2D eigenvalue weighted by Crippen LogP contribution is 2.32. The van der Waals surface area contributed by atoms with Crippen LogP contribution >= 0.6 is 0 Å². The monoisotopic (exact) mass is 286 g/mol. The lowest BCUT2D eigenvalue weighted by Gasteiger charge is -2.33. The van der Waals surface area contributed by atoms with E-state index in [2.05, 4.69) is 40.8 Å². The number of hydrogen-bond acceptors (Lipinski definition) is 2. The van der Waals surface area contributed by atoms with Crippen LogP contribution in [0.2, 0.25) is 18.6 Å². The summed E-state index contributed by atoms with van der Waals surface area (Å²) >= 11 is 0. The van der Waals surface area contributed by atoms with Gasteiger partial charge in [-0.25, -0.2) is 0 Å². The number of Topliss-reactive ketones (excluding diaryl/α,β-unsaturated/α-hetero) is 1. The second-order valence-electron chi connectivity index (χ2n) is 6.39. The van der Waals surface area contributed by atoms with E-state index in [0.717, 1.165) is 19.3 Å². The molecule has 0 bridgehead atoms. The zero-order chi connectivity index (χ0) is 14.9. The molecular weight excluding hydrogens is 252 g/mol. The highest BCUT2D eigenvalue weighted by Gasteiger charge is 2.38. The molecule has 0 aromatic carbocycles. The number of carbonyl (C=O) groups is 1. The highest BCUT2D eigenvalue weighted by molar-refractivity contribution is 6.76. The number of ketones is 1. The molecule has 0 fully saturated rings. The molecule has 0 aromatic heterocycles. The first-order valence-corrected chi connectivity index (χ1v) is 11.0. The average Bonchev–Trinajstić information content (AvgIpc) is 2.26. The predicted octanol–water partition coefficient (Wildman–Crippen LogP) is 5.33. The lowest BCUT2D eigenvalue weighted by Crippen LogP contribution is -2.42. The van der Waals surface area contributed by atoms with Crippen LogP contribution in [0.5, 0.6) is 0 Å². The fourth-order valence-electron chi connectivity index (χ4n) is 2.78. The molecule has 1 unspecified atom stereocenters. The van der Waals surface area contributed by atoms with Crippen LogP contribution in [0.15, 0.2) is 0 Å². The van der Waals surface area contributed by atoms with Crippen molar-refractivity contribution < 1.29 is 9.22 Å². The van der Waals surface area contributed by atoms with Gasteiger partial charge in [0, 0.05) is 18.1 Å². The molecule has 1 atom stereocenters. The van der Waals surface area contributed by atoms with Crippen molar-refractivity contribution in [1.29, 1.82) is 0 Å². The SMILES string of the molecule is CCCCCCC(C(=O)CCC)[Si](C)(C)OC(C)C. The molecule has 0 rings (SSSR count). The maximum atomic E-state index is 12.4. The van der Waals surface area contributed by atoms with E-state index in [0.29, 0.717) is 5.78 Å². The van der Waals surface area contributed by atoms with E-state index in [1.807, 2.05) is 0 Å². The van der Waals surface area contributed by atoms with E-state index >= 15 is 0 Å². The van der Waals surface area contributed by atoms with E-state index < -0.39 is 8.32 Å². The van der Waals surface area contributed by atoms with Crippen molar-refractivity contribution in [3.05, 3.63) is 0 Å². The van der Waals surface area contributed by atoms with Gasteiger partial charge in [0.2, 0.25) is 0 Å². The third-order valence-corrected chi connectivity index (χ3v) is 6.98. The molecule has 0 saturated carbocycles. The third-order valence-electron chi connectivity index (χ3n) is 3.61. The van der Waals surface area contributed by atoms with E-state index in [9.17, 15) is 4.79 Å². The van der Waals surface area contributed by atoms with E-state index in [1.165, 1.54) is 25.7 Å². The molecule has 0 saturated heterocycles. The fourth-order valence-corrected chi connectivity index (χ4v) is 5.98. The molecule has 0 heterocycles. The zero-order valence-corrected chi connectivity index (χ0v) is 14.9. The van der Waals surface area contributed by atoms with Crippen LogP contribution in [0, 0.1) is 0 Å². The minimum atomic E-state index is -1.91. The van der Waals surface area contributed by atoms with Crippen LogP contribution in [-0.2, 0) is 9.22 Å². The van der Waals surface area contributed by atoms with E-state index in [-0.39, 0.29) is 11.6 Å². The van der Waals surface area contributed by atoms with Crippen LogP contribution in [0.25, 0.3) is 0 Å². The summed E-state index contributed by atoms with van der Waals surface area (Å²) in [5.74, 6) is 0.441. The summed E-state index contributed by atoms with van der Waals surface area (Å²) in [6, 6.07) is 0. The lowest BCUT2D eigenvalue weighted by atomic mass is 10.1. The van der Waals surface area contributed by atoms with Gasteiger partial charge in [-0.1, -0.05) is 39.5 Å². The van der Waals surface area contributed by atoms with Crippen molar-refractivity contribution in [2.24, 2.45) is 0 Å². The molecule has 0 spiro atoms. The van der Waals surface area contributed by atoms with Gasteiger partial charge in [0.25, 0.3) is 0 Å². The predicted molar refractivity (Wildman–Crippen MR) is 86.1 cm³/mol. The summed E-state index contributed by atoms with van der Waals surface area (Å²) < 4.78 is 6.14. The topological polar surface area (TPSA) is 26.3 Å². The molecule has 0 radical (unpaired) electrons. The first-order valence-electron chi connectivity index (χ1n) is 8.05. The van der Waals surface area contributed by atoms with Crippen LogP contribution in [0.1, 0.15) is 72.6 Å². The maximum Gasteiger partial charge on any atom is 0.197 e. The molecule has 2 nitrogen and oxygen atoms in total. The van der Waals surface area contributed by atoms with Crippen LogP contribution in [-0.4, -0.2) is 20.2 Å². The Kier molecular flexibility index (Phi) is 9.63. The Bertz CT molecular complexity index is 249. The molecule has 0 aliphatic carbocycles. The summed E-state index contributed by atoms with van der Waals surface area (Å²) in [7, 11) is -1.91. The second-order valence-corrected chi connectivity index (χ2v) is 10.5. The Morgan fingerprint density at radius 1 is 1.05 bits per heavy atom. The molecule has 0 N–H and O–H groups in total. The lowest BCUT2D eigenvalue weighted by molar-refractivity contribution is -0.119. The maximum absolute atomic E-state index is 12.4. The number of carbonyl (C=O) groups excluding carboxylic acids is 1. The standard InChI is InChI=1S/C16H34O2Si/c1-7-9-10-11-13-16(15(17)12-8-2)19(5,6)18-14(3)4/h14,16H,7-13H2,1-6H3. The van der Waals surface area contributed by atoms with Gasteiger partial charge in [-0.15, -0.1) is 0 Å². The molecule has 0 aromatic rings. The van der Waals surface area contributed by atoms with Crippen LogP contribution in [0.3, 0.4) is 0 Å². The van der Waals surface area contributed by atoms with Crippen LogP contribution in [0.4, 0.5) is 0 Å². The summed E-state index contributed by atoms with van der Waals surface area (Å²) in [5, 5.41) is 0. The third kappa shape index (κ3) is 7.88. The number of hydrogen-bond donors (Lipinski definition) is 0. The van der Waals surface area contributed by atoms with Gasteiger partial charge in [0.15, 0.2) is 8.32 Å². The quantitative estimate of drug-likeness (QED) is 0.379. The summed E-state index contributed by atoms with van der Waals surface area (Å²) in [5.41, 5.74) is 0.187. The van der Waals surface area contributed by atoms with Crippen molar-refractivity contribution in [2.45, 2.75) is 97.4 Å². The molecule has 0 aliphatic heterocycles. The van der Waals surface area contributed by atoms with Crippen LogP contribution < -0.4 is 0 Å². The van der Waals surface area contributed by atoms with Gasteiger partial charge in [0.05, 0.1) is 0 Å². The van der Waals surface area contributed by atoms with Crippen molar-refractivity contribution >= 4 is 14.1 Å². The number of rotatable bonds is 11. The summed E-state index contributed by atoms with van der Waals surface area (Å²) in [4.78, 5) is 12.4. The van der Waals surface area contributed by atoms with E-state index in [1.54, 1.807) is 0 Å². The minimum Gasteiger partial charge on any atom is -0.414 e. The van der Waals surface area contributed by atoms with Gasteiger partial charge < -0.3 is 4.43 Å². The van der Waals surface area contributed by atoms with Crippen molar-refractivity contribution in [2.75, 3.05) is 0 Å². The van der Waals surface area contributed by atoms with Gasteiger partial charge in [-0.2, -0.15) is 0 Å². The minimum absolute atomic E-state index is 0.187. The largest absolute Gasteiger partial charge is 0.414 e. The average molecular weight is 287 g/mol. The molecular formula is C16H34O2Si. The molecule has 0 aliphatic rings. The Hall–Kier alpha value is -0.153. The molecule has 0 amide bonds. The Labute approximate surface area is 121 Å². The van der Waals surface area contributed by atoms with Crippen molar-refractivity contribution in [1.82, 2.24) is 0 Å². The highest BCUT2D eigenvalue weighted by atomic mass is 28.4. The zero-order valence-electron chi connectivity index (χ0n) is 13.9. The second kappa shape index (κ2) is 9.70. The normalized spacial score (nSPS) is 13.8. The summed E-state index contributed by atoms with van der Waals surface area (Å²) in [6.45, 7) is 12.9. The Morgan fingerprint density at radius 2 is 1.68 bits per heavy atom. The number of unbranched alkanes of at least 4 members (excludes halogenated alkanes) is 3. The molecule has 3 heteroatoms. The molecule has 114 valence electrons. The molecule has 19 heavy (non-hydrogen) atoms. The fraction of sp³-hybridized carbons (Fsp3) is 0.938. The smallest absolute Gasteiger partial charge is 0.197 e. The Morgan fingerprint density at radius 3 is 2.16 bits per heavy atom. The first-order chi connectivity index (χ1) is 8.85. The van der Waals surface area contributed by atoms with E-state index in [4.69, 9.17) is 4.43 Å². The van der Waals surface area contributed by atoms with Gasteiger partial charge >= 0.3 is 0 Å². The van der Waals surface area contributed by atoms with Gasteiger partial charge in [-0.05, 0) is 39.8 Å². The van der Waals surface area contributed by atoms with Crippen molar-refractivity contribution in [3.8, 4) is 0 Å².